The van der Waals surface area contributed by atoms with E-state index in [4.69, 9.17) is 9.97 Å². The fourth-order valence-corrected chi connectivity index (χ4v) is 7.51. The molecule has 0 radical (unpaired) electrons. The van der Waals surface area contributed by atoms with Crippen molar-refractivity contribution >= 4 is 21.5 Å². The molecule has 0 unspecified atom stereocenters. The molecule has 0 fully saturated rings. The zero-order valence-corrected chi connectivity index (χ0v) is 29.2. The lowest BCUT2D eigenvalue weighted by molar-refractivity contribution is 1.20. The first-order chi connectivity index (χ1) is 25.6. The lowest BCUT2D eigenvalue weighted by atomic mass is 9.84. The maximum Gasteiger partial charge on any atom is 0.0705 e. The van der Waals surface area contributed by atoms with Crippen molar-refractivity contribution in [1.82, 2.24) is 9.97 Å². The Bertz CT molecular complexity index is 2730. The molecule has 0 spiro atoms. The summed E-state index contributed by atoms with van der Waals surface area (Å²) in [7, 11) is 0. The van der Waals surface area contributed by atoms with Crippen molar-refractivity contribution in [3.8, 4) is 67.0 Å². The number of hydrogen-bond acceptors (Lipinski definition) is 2. The summed E-state index contributed by atoms with van der Waals surface area (Å²) < 4.78 is 0. The van der Waals surface area contributed by atoms with E-state index in [1.165, 1.54) is 66.1 Å². The van der Waals surface area contributed by atoms with Crippen LogP contribution in [0.1, 0.15) is 11.4 Å². The molecule has 0 bridgehead atoms. The molecule has 2 heterocycles. The van der Waals surface area contributed by atoms with Gasteiger partial charge in [0.15, 0.2) is 0 Å². The van der Waals surface area contributed by atoms with Gasteiger partial charge in [-0.2, -0.15) is 0 Å². The van der Waals surface area contributed by atoms with Crippen molar-refractivity contribution in [3.63, 3.8) is 0 Å². The van der Waals surface area contributed by atoms with Crippen LogP contribution in [0.2, 0.25) is 0 Å². The second kappa shape index (κ2) is 13.2. The van der Waals surface area contributed by atoms with Crippen LogP contribution in [0, 0.1) is 13.8 Å². The third-order valence-corrected chi connectivity index (χ3v) is 10.0. The van der Waals surface area contributed by atoms with Gasteiger partial charge in [0.25, 0.3) is 0 Å². The highest BCUT2D eigenvalue weighted by Gasteiger charge is 2.18. The van der Waals surface area contributed by atoms with Crippen LogP contribution in [0.4, 0.5) is 0 Å². The number of aryl methyl sites for hydroxylation is 2. The van der Waals surface area contributed by atoms with E-state index in [2.05, 4.69) is 170 Å². The van der Waals surface area contributed by atoms with Crippen molar-refractivity contribution in [2.45, 2.75) is 13.8 Å². The fraction of sp³-hybridized carbons (Fsp3) is 0.0400. The Kier molecular flexibility index (Phi) is 7.98. The monoisotopic (exact) mass is 664 g/mol. The number of hydrogen-bond donors (Lipinski definition) is 0. The standard InChI is InChI=1S/C50H36N2/c1-33-11-8-19-47(51-33)36-21-25-38(26-22-36)49-43-17-6-7-18-44(43)50(39-27-23-37(24-28-39)48-20-9-12-34(2)52-48)46-32-42(29-30-45(46)49)41-16-10-15-40(31-41)35-13-4-3-5-14-35/h3-32H,1-2H3. The van der Waals surface area contributed by atoms with Crippen molar-refractivity contribution in [2.24, 2.45) is 0 Å². The van der Waals surface area contributed by atoms with E-state index in [9.17, 15) is 0 Å². The highest BCUT2D eigenvalue weighted by molar-refractivity contribution is 6.22. The number of pyridine rings is 2. The van der Waals surface area contributed by atoms with E-state index < -0.39 is 0 Å². The summed E-state index contributed by atoms with van der Waals surface area (Å²) in [5.41, 5.74) is 15.9. The Morgan fingerprint density at radius 1 is 0.269 bits per heavy atom. The fourth-order valence-electron chi connectivity index (χ4n) is 7.51. The lowest BCUT2D eigenvalue weighted by Gasteiger charge is -2.19. The summed E-state index contributed by atoms with van der Waals surface area (Å²) in [6, 6.07) is 65.6. The van der Waals surface area contributed by atoms with Gasteiger partial charge in [-0.05, 0) is 116 Å². The smallest absolute Gasteiger partial charge is 0.0705 e. The molecule has 2 heteroatoms. The molecule has 0 N–H and O–H groups in total. The average Bonchev–Trinajstić information content (AvgIpc) is 3.20. The topological polar surface area (TPSA) is 25.8 Å². The number of nitrogens with zero attached hydrogens (tertiary/aromatic N) is 2. The Balaban J connectivity index is 1.26. The van der Waals surface area contributed by atoms with Gasteiger partial charge in [0.2, 0.25) is 0 Å². The molecule has 0 saturated carbocycles. The van der Waals surface area contributed by atoms with Gasteiger partial charge < -0.3 is 0 Å². The van der Waals surface area contributed by atoms with E-state index in [-0.39, 0.29) is 0 Å². The third kappa shape index (κ3) is 5.85. The molecule has 0 aliphatic heterocycles. The molecule has 0 aliphatic rings. The average molecular weight is 665 g/mol. The second-order valence-electron chi connectivity index (χ2n) is 13.5. The van der Waals surface area contributed by atoms with Gasteiger partial charge in [0.05, 0.1) is 11.4 Å². The number of rotatable bonds is 6. The molecule has 52 heavy (non-hydrogen) atoms. The normalized spacial score (nSPS) is 11.3. The molecule has 0 aliphatic carbocycles. The van der Waals surface area contributed by atoms with Gasteiger partial charge in [-0.1, -0.05) is 146 Å². The first-order valence-corrected chi connectivity index (χ1v) is 17.8. The van der Waals surface area contributed by atoms with Crippen LogP contribution in [-0.2, 0) is 0 Å². The van der Waals surface area contributed by atoms with Crippen molar-refractivity contribution in [3.05, 3.63) is 193 Å². The molecule has 2 nitrogen and oxygen atoms in total. The van der Waals surface area contributed by atoms with Gasteiger partial charge in [0, 0.05) is 22.5 Å². The summed E-state index contributed by atoms with van der Waals surface area (Å²) in [6.07, 6.45) is 0. The summed E-state index contributed by atoms with van der Waals surface area (Å²) in [4.78, 5) is 9.57. The zero-order chi connectivity index (χ0) is 35.0. The Morgan fingerprint density at radius 3 is 1.23 bits per heavy atom. The Hall–Kier alpha value is -6.64. The molecular formula is C50H36N2. The van der Waals surface area contributed by atoms with E-state index >= 15 is 0 Å². The summed E-state index contributed by atoms with van der Waals surface area (Å²) >= 11 is 0. The van der Waals surface area contributed by atoms with Crippen molar-refractivity contribution < 1.29 is 0 Å². The summed E-state index contributed by atoms with van der Waals surface area (Å²) in [5.74, 6) is 0. The number of benzene rings is 7. The maximum atomic E-state index is 4.79. The van der Waals surface area contributed by atoms with Crippen LogP contribution in [0.5, 0.6) is 0 Å². The third-order valence-electron chi connectivity index (χ3n) is 10.0. The Labute approximate surface area is 304 Å². The highest BCUT2D eigenvalue weighted by atomic mass is 14.7. The van der Waals surface area contributed by atoms with Crippen molar-refractivity contribution in [1.29, 1.82) is 0 Å². The maximum absolute atomic E-state index is 4.79. The van der Waals surface area contributed by atoms with Gasteiger partial charge >= 0.3 is 0 Å². The number of aromatic nitrogens is 2. The van der Waals surface area contributed by atoms with Gasteiger partial charge in [-0.15, -0.1) is 0 Å². The predicted molar refractivity (Wildman–Crippen MR) is 219 cm³/mol. The van der Waals surface area contributed by atoms with Gasteiger partial charge in [0.1, 0.15) is 0 Å². The summed E-state index contributed by atoms with van der Waals surface area (Å²) in [6.45, 7) is 4.08. The molecule has 0 saturated heterocycles. The number of fused-ring (bicyclic) bond motifs is 2. The highest BCUT2D eigenvalue weighted by Crippen LogP contribution is 2.45. The Morgan fingerprint density at radius 2 is 0.673 bits per heavy atom. The van der Waals surface area contributed by atoms with Gasteiger partial charge in [-0.3, -0.25) is 9.97 Å². The van der Waals surface area contributed by atoms with Gasteiger partial charge in [-0.25, -0.2) is 0 Å². The predicted octanol–water partition coefficient (Wildman–Crippen LogP) is 13.4. The largest absolute Gasteiger partial charge is 0.253 e. The van der Waals surface area contributed by atoms with E-state index in [0.717, 1.165) is 33.9 Å². The molecule has 7 aromatic carbocycles. The zero-order valence-electron chi connectivity index (χ0n) is 29.2. The van der Waals surface area contributed by atoms with Crippen LogP contribution >= 0.6 is 0 Å². The SMILES string of the molecule is Cc1cccc(-c2ccc(-c3c4ccccc4c(-c4ccc(-c5cccc(C)n5)cc4)c4cc(-c5cccc(-c6ccccc6)c5)ccc34)cc2)n1. The molecular weight excluding hydrogens is 629 g/mol. The van der Waals surface area contributed by atoms with Crippen molar-refractivity contribution in [2.75, 3.05) is 0 Å². The van der Waals surface area contributed by atoms with E-state index in [1.54, 1.807) is 0 Å². The minimum atomic E-state index is 0.988. The molecule has 246 valence electrons. The van der Waals surface area contributed by atoms with Crippen LogP contribution in [-0.4, -0.2) is 9.97 Å². The summed E-state index contributed by atoms with van der Waals surface area (Å²) in [5, 5.41) is 4.91. The first kappa shape index (κ1) is 31.3. The minimum absolute atomic E-state index is 0.988. The van der Waals surface area contributed by atoms with Crippen LogP contribution < -0.4 is 0 Å². The molecule has 9 rings (SSSR count). The lowest BCUT2D eigenvalue weighted by Crippen LogP contribution is -1.93. The first-order valence-electron chi connectivity index (χ1n) is 17.8. The van der Waals surface area contributed by atoms with E-state index in [0.29, 0.717) is 0 Å². The quantitative estimate of drug-likeness (QED) is 0.165. The van der Waals surface area contributed by atoms with Crippen LogP contribution in [0.25, 0.3) is 88.6 Å². The minimum Gasteiger partial charge on any atom is -0.253 e. The molecule has 2 aromatic heterocycles. The second-order valence-corrected chi connectivity index (χ2v) is 13.5. The molecule has 0 amide bonds. The van der Waals surface area contributed by atoms with Crippen LogP contribution in [0.3, 0.4) is 0 Å². The van der Waals surface area contributed by atoms with Crippen LogP contribution in [0.15, 0.2) is 182 Å². The van der Waals surface area contributed by atoms with E-state index in [1.807, 2.05) is 26.0 Å². The molecule has 9 aromatic rings. The molecule has 0 atom stereocenters.